The van der Waals surface area contributed by atoms with Gasteiger partial charge in [-0.05, 0) is 12.1 Å². The minimum absolute atomic E-state index is 0.571. The van der Waals surface area contributed by atoms with Crippen LogP contribution < -0.4 is 0 Å². The molecule has 0 saturated heterocycles. The predicted octanol–water partition coefficient (Wildman–Crippen LogP) is 2.44. The Bertz CT molecular complexity index is 551. The van der Waals surface area contributed by atoms with E-state index in [0.29, 0.717) is 0 Å². The zero-order chi connectivity index (χ0) is 13.4. The van der Waals surface area contributed by atoms with E-state index in [1.807, 2.05) is 0 Å². The molecular weight excluding hydrogens is 301 g/mol. The minimum atomic E-state index is -5.50. The third kappa shape index (κ3) is 2.22. The fourth-order valence-electron chi connectivity index (χ4n) is 0.982. The van der Waals surface area contributed by atoms with Crippen LogP contribution in [0.25, 0.3) is 0 Å². The van der Waals surface area contributed by atoms with E-state index in [0.717, 1.165) is 12.1 Å². The number of benzene rings is 1. The van der Waals surface area contributed by atoms with Crippen molar-refractivity contribution in [1.29, 1.82) is 0 Å². The lowest BCUT2D eigenvalue weighted by Crippen LogP contribution is -2.37. The maximum absolute atomic E-state index is 13.1. The summed E-state index contributed by atoms with van der Waals surface area (Å²) in [5, 5.41) is 2.06. The largest absolute Gasteiger partial charge is 0.476 e. The van der Waals surface area contributed by atoms with Crippen LogP contribution in [-0.4, -0.2) is 24.7 Å². The summed E-state index contributed by atoms with van der Waals surface area (Å²) < 4.78 is 49.0. The van der Waals surface area contributed by atoms with Gasteiger partial charge in [-0.1, -0.05) is 29.3 Å². The predicted molar refractivity (Wildman–Crippen MR) is 56.2 cm³/mol. The maximum atomic E-state index is 13.1. The lowest BCUT2D eigenvalue weighted by molar-refractivity contribution is -0.153. The number of hydrogen-bond donors (Lipinski definition) is 1. The third-order valence-corrected chi connectivity index (χ3v) is 4.46. The van der Waals surface area contributed by atoms with E-state index in [9.17, 15) is 22.0 Å². The molecule has 1 aromatic rings. The molecule has 0 unspecified atom stereocenters. The van der Waals surface area contributed by atoms with Crippen molar-refractivity contribution in [1.82, 2.24) is 0 Å². The SMILES string of the molecule is O=C(O)C(F)(F)S(=O)(=O)c1c(Cl)cccc1Cl. The maximum Gasteiger partial charge on any atom is 0.444 e. The standard InChI is InChI=1S/C8H4Cl2F2O4S/c9-4-2-1-3-5(10)6(4)17(15,16)8(11,12)7(13)14/h1-3H,(H,13,14). The van der Waals surface area contributed by atoms with E-state index < -0.39 is 36.0 Å². The lowest BCUT2D eigenvalue weighted by Gasteiger charge is -2.14. The Morgan fingerprint density at radius 3 is 2.00 bits per heavy atom. The fourth-order valence-corrected chi connectivity index (χ4v) is 3.13. The lowest BCUT2D eigenvalue weighted by atomic mass is 10.4. The number of alkyl halides is 2. The molecule has 1 rings (SSSR count). The van der Waals surface area contributed by atoms with Crippen LogP contribution >= 0.6 is 23.2 Å². The molecule has 1 aromatic carbocycles. The molecule has 0 radical (unpaired) electrons. The first-order valence-electron chi connectivity index (χ1n) is 3.92. The first-order valence-corrected chi connectivity index (χ1v) is 6.16. The van der Waals surface area contributed by atoms with Gasteiger partial charge < -0.3 is 5.11 Å². The average Bonchev–Trinajstić information content (AvgIpc) is 2.16. The molecule has 0 atom stereocenters. The Balaban J connectivity index is 3.59. The number of carbonyl (C=O) groups is 1. The molecular formula is C8H4Cl2F2O4S. The molecule has 94 valence electrons. The van der Waals surface area contributed by atoms with Gasteiger partial charge in [0, 0.05) is 0 Å². The summed E-state index contributed by atoms with van der Waals surface area (Å²) in [7, 11) is -5.50. The number of aliphatic carboxylic acids is 1. The molecule has 1 N–H and O–H groups in total. The molecule has 0 spiro atoms. The first kappa shape index (κ1) is 14.1. The van der Waals surface area contributed by atoms with E-state index in [4.69, 9.17) is 28.3 Å². The quantitative estimate of drug-likeness (QED) is 0.931. The summed E-state index contributed by atoms with van der Waals surface area (Å²) in [6.45, 7) is 0. The normalized spacial score (nSPS) is 12.5. The first-order chi connectivity index (χ1) is 7.62. The number of sulfone groups is 1. The van der Waals surface area contributed by atoms with Crippen LogP contribution in [0.4, 0.5) is 8.78 Å². The van der Waals surface area contributed by atoms with E-state index in [-0.39, 0.29) is 0 Å². The number of carboxylic acid groups (broad SMARTS) is 1. The highest BCUT2D eigenvalue weighted by Gasteiger charge is 2.55. The highest BCUT2D eigenvalue weighted by molar-refractivity contribution is 7.93. The van der Waals surface area contributed by atoms with Gasteiger partial charge in [0.1, 0.15) is 4.90 Å². The summed E-state index contributed by atoms with van der Waals surface area (Å²) >= 11 is 10.9. The highest BCUT2D eigenvalue weighted by Crippen LogP contribution is 2.37. The third-order valence-electron chi connectivity index (χ3n) is 1.77. The van der Waals surface area contributed by atoms with Gasteiger partial charge in [0.15, 0.2) is 0 Å². The number of halogens is 4. The van der Waals surface area contributed by atoms with Crippen LogP contribution in [-0.2, 0) is 14.6 Å². The minimum Gasteiger partial charge on any atom is -0.476 e. The molecule has 0 saturated carbocycles. The Labute approximate surface area is 105 Å². The number of hydrogen-bond acceptors (Lipinski definition) is 3. The Morgan fingerprint density at radius 1 is 1.24 bits per heavy atom. The van der Waals surface area contributed by atoms with Crippen molar-refractivity contribution >= 4 is 39.0 Å². The molecule has 0 heterocycles. The van der Waals surface area contributed by atoms with Crippen molar-refractivity contribution in [2.75, 3.05) is 0 Å². The number of carboxylic acids is 1. The van der Waals surface area contributed by atoms with Crippen LogP contribution in [0.15, 0.2) is 23.1 Å². The summed E-state index contributed by atoms with van der Waals surface area (Å²) in [6, 6.07) is 3.26. The molecule has 0 fully saturated rings. The Morgan fingerprint density at radius 2 is 1.65 bits per heavy atom. The van der Waals surface area contributed by atoms with Crippen LogP contribution in [0, 0.1) is 0 Å². The molecule has 9 heteroatoms. The van der Waals surface area contributed by atoms with Gasteiger partial charge in [0.05, 0.1) is 10.0 Å². The van der Waals surface area contributed by atoms with Crippen LogP contribution in [0.2, 0.25) is 10.0 Å². The molecule has 0 aliphatic rings. The molecule has 4 nitrogen and oxygen atoms in total. The molecule has 0 bridgehead atoms. The van der Waals surface area contributed by atoms with Crippen molar-refractivity contribution in [2.24, 2.45) is 0 Å². The summed E-state index contributed by atoms with van der Waals surface area (Å²) in [6.07, 6.45) is 0. The van der Waals surface area contributed by atoms with Gasteiger partial charge in [-0.2, -0.15) is 8.78 Å². The van der Waals surface area contributed by atoms with Crippen LogP contribution in [0.5, 0.6) is 0 Å². The van der Waals surface area contributed by atoms with E-state index in [2.05, 4.69) is 0 Å². The van der Waals surface area contributed by atoms with Gasteiger partial charge >= 0.3 is 11.2 Å². The smallest absolute Gasteiger partial charge is 0.444 e. The van der Waals surface area contributed by atoms with Crippen LogP contribution in [0.1, 0.15) is 0 Å². The topological polar surface area (TPSA) is 71.4 Å². The van der Waals surface area contributed by atoms with Crippen molar-refractivity contribution in [3.63, 3.8) is 0 Å². The van der Waals surface area contributed by atoms with Crippen molar-refractivity contribution in [3.05, 3.63) is 28.2 Å². The van der Waals surface area contributed by atoms with Gasteiger partial charge in [-0.25, -0.2) is 13.2 Å². The monoisotopic (exact) mass is 304 g/mol. The summed E-state index contributed by atoms with van der Waals surface area (Å²) in [5.74, 6) is -2.80. The van der Waals surface area contributed by atoms with Gasteiger partial charge in [0.2, 0.25) is 0 Å². The summed E-state index contributed by atoms with van der Waals surface area (Å²) in [5.41, 5.74) is 0. The molecule has 0 amide bonds. The molecule has 0 aliphatic carbocycles. The average molecular weight is 305 g/mol. The summed E-state index contributed by atoms with van der Waals surface area (Å²) in [4.78, 5) is 9.15. The second-order valence-corrected chi connectivity index (χ2v) is 5.62. The van der Waals surface area contributed by atoms with E-state index in [1.54, 1.807) is 0 Å². The van der Waals surface area contributed by atoms with Gasteiger partial charge in [0.25, 0.3) is 9.84 Å². The Hall–Kier alpha value is -0.920. The fraction of sp³-hybridized carbons (Fsp3) is 0.125. The molecule has 0 aromatic heterocycles. The van der Waals surface area contributed by atoms with Crippen molar-refractivity contribution < 1.29 is 27.1 Å². The molecule has 17 heavy (non-hydrogen) atoms. The Kier molecular flexibility index (Phi) is 3.66. The highest BCUT2D eigenvalue weighted by atomic mass is 35.5. The molecule has 0 aliphatic heterocycles. The van der Waals surface area contributed by atoms with Gasteiger partial charge in [-0.3, -0.25) is 0 Å². The number of rotatable bonds is 3. The van der Waals surface area contributed by atoms with Crippen molar-refractivity contribution in [2.45, 2.75) is 10.2 Å². The van der Waals surface area contributed by atoms with Crippen molar-refractivity contribution in [3.8, 4) is 0 Å². The van der Waals surface area contributed by atoms with E-state index in [1.165, 1.54) is 6.07 Å². The van der Waals surface area contributed by atoms with E-state index >= 15 is 0 Å². The zero-order valence-corrected chi connectivity index (χ0v) is 10.2. The zero-order valence-electron chi connectivity index (χ0n) is 7.82. The van der Waals surface area contributed by atoms with Gasteiger partial charge in [-0.15, -0.1) is 0 Å². The second kappa shape index (κ2) is 4.40. The van der Waals surface area contributed by atoms with Crippen LogP contribution in [0.3, 0.4) is 0 Å². The second-order valence-electron chi connectivity index (χ2n) is 2.88.